The molecule has 0 aliphatic heterocycles. The largest absolute Gasteiger partial charge is 0.481 e. The standard InChI is InChI=1S/C16H20N2O3/c1-10-6-11(2)14(16(20)21)13(7-10)15(19)18-9-12-4-3-5-17-8-12/h3-6,8,11,13-14H,7,9H2,1-2H3,(H,18,19)(H,20,21)/t11-,13+,14+/m1/s1. The van der Waals surface area contributed by atoms with Crippen molar-refractivity contribution in [2.75, 3.05) is 0 Å². The second-order valence-electron chi connectivity index (χ2n) is 5.63. The Hall–Kier alpha value is -2.17. The molecule has 0 radical (unpaired) electrons. The SMILES string of the molecule is CC1=C[C@@H](C)[C@H](C(=O)O)[C@@H](C(=O)NCc2cccnc2)C1. The molecule has 1 aromatic heterocycles. The third-order valence-electron chi connectivity index (χ3n) is 3.90. The summed E-state index contributed by atoms with van der Waals surface area (Å²) in [6.45, 7) is 4.16. The zero-order valence-electron chi connectivity index (χ0n) is 12.2. The average molecular weight is 288 g/mol. The summed E-state index contributed by atoms with van der Waals surface area (Å²) in [5.41, 5.74) is 1.97. The molecule has 0 spiro atoms. The number of pyridine rings is 1. The van der Waals surface area contributed by atoms with Crippen LogP contribution in [0.3, 0.4) is 0 Å². The second-order valence-corrected chi connectivity index (χ2v) is 5.63. The number of aromatic nitrogens is 1. The number of rotatable bonds is 4. The van der Waals surface area contributed by atoms with Gasteiger partial charge in [-0.1, -0.05) is 24.6 Å². The van der Waals surface area contributed by atoms with Crippen LogP contribution >= 0.6 is 0 Å². The van der Waals surface area contributed by atoms with Crippen LogP contribution in [0.5, 0.6) is 0 Å². The number of aliphatic carboxylic acids is 1. The summed E-state index contributed by atoms with van der Waals surface area (Å²) in [7, 11) is 0. The lowest BCUT2D eigenvalue weighted by molar-refractivity contribution is -0.149. The van der Waals surface area contributed by atoms with Gasteiger partial charge in [-0.05, 0) is 30.9 Å². The summed E-state index contributed by atoms with van der Waals surface area (Å²) >= 11 is 0. The van der Waals surface area contributed by atoms with E-state index in [1.54, 1.807) is 18.5 Å². The van der Waals surface area contributed by atoms with Crippen molar-refractivity contribution < 1.29 is 14.7 Å². The molecule has 2 N–H and O–H groups in total. The zero-order valence-corrected chi connectivity index (χ0v) is 12.2. The molecule has 0 saturated heterocycles. The van der Waals surface area contributed by atoms with Gasteiger partial charge in [0.25, 0.3) is 0 Å². The lowest BCUT2D eigenvalue weighted by Gasteiger charge is -2.31. The fraction of sp³-hybridized carbons (Fsp3) is 0.438. The maximum Gasteiger partial charge on any atom is 0.307 e. The van der Waals surface area contributed by atoms with Gasteiger partial charge >= 0.3 is 5.97 Å². The van der Waals surface area contributed by atoms with Crippen molar-refractivity contribution in [3.8, 4) is 0 Å². The molecule has 1 heterocycles. The van der Waals surface area contributed by atoms with Crippen molar-refractivity contribution in [1.29, 1.82) is 0 Å². The summed E-state index contributed by atoms with van der Waals surface area (Å²) in [6, 6.07) is 3.67. The zero-order chi connectivity index (χ0) is 15.4. The number of nitrogens with one attached hydrogen (secondary N) is 1. The van der Waals surface area contributed by atoms with Crippen LogP contribution in [0.1, 0.15) is 25.8 Å². The summed E-state index contributed by atoms with van der Waals surface area (Å²) in [5, 5.41) is 12.2. The minimum absolute atomic E-state index is 0.134. The number of hydrogen-bond acceptors (Lipinski definition) is 3. The Morgan fingerprint density at radius 1 is 1.48 bits per heavy atom. The average Bonchev–Trinajstić information content (AvgIpc) is 2.44. The number of carbonyl (C=O) groups excluding carboxylic acids is 1. The van der Waals surface area contributed by atoms with E-state index in [2.05, 4.69) is 10.3 Å². The monoisotopic (exact) mass is 288 g/mol. The highest BCUT2D eigenvalue weighted by atomic mass is 16.4. The predicted molar refractivity (Wildman–Crippen MR) is 78.2 cm³/mol. The highest BCUT2D eigenvalue weighted by Gasteiger charge is 2.39. The van der Waals surface area contributed by atoms with Crippen molar-refractivity contribution in [1.82, 2.24) is 10.3 Å². The first-order valence-corrected chi connectivity index (χ1v) is 7.05. The Morgan fingerprint density at radius 2 is 2.24 bits per heavy atom. The van der Waals surface area contributed by atoms with E-state index in [0.29, 0.717) is 13.0 Å². The third kappa shape index (κ3) is 3.68. The Kier molecular flexibility index (Phi) is 4.73. The molecule has 5 heteroatoms. The normalized spacial score (nSPS) is 25.0. The van der Waals surface area contributed by atoms with Crippen LogP contribution in [0.2, 0.25) is 0 Å². The first-order valence-electron chi connectivity index (χ1n) is 7.05. The third-order valence-corrected chi connectivity index (χ3v) is 3.90. The first kappa shape index (κ1) is 15.2. The molecule has 1 aliphatic rings. The molecule has 112 valence electrons. The lowest BCUT2D eigenvalue weighted by Crippen LogP contribution is -2.42. The summed E-state index contributed by atoms with van der Waals surface area (Å²) in [4.78, 5) is 27.8. The molecule has 5 nitrogen and oxygen atoms in total. The van der Waals surface area contributed by atoms with Gasteiger partial charge in [0, 0.05) is 18.9 Å². The van der Waals surface area contributed by atoms with E-state index in [1.165, 1.54) is 0 Å². The van der Waals surface area contributed by atoms with Crippen molar-refractivity contribution >= 4 is 11.9 Å². The van der Waals surface area contributed by atoms with E-state index in [-0.39, 0.29) is 11.8 Å². The molecule has 0 bridgehead atoms. The molecular formula is C16H20N2O3. The number of hydrogen-bond donors (Lipinski definition) is 2. The van der Waals surface area contributed by atoms with E-state index in [4.69, 9.17) is 0 Å². The van der Waals surface area contributed by atoms with E-state index >= 15 is 0 Å². The van der Waals surface area contributed by atoms with Crippen LogP contribution in [0, 0.1) is 17.8 Å². The first-order chi connectivity index (χ1) is 9.99. The molecule has 0 fully saturated rings. The van der Waals surface area contributed by atoms with Gasteiger partial charge in [0.1, 0.15) is 0 Å². The topological polar surface area (TPSA) is 79.3 Å². The Labute approximate surface area is 124 Å². The van der Waals surface area contributed by atoms with Crippen molar-refractivity contribution in [2.45, 2.75) is 26.8 Å². The minimum atomic E-state index is -0.909. The fourth-order valence-electron chi connectivity index (χ4n) is 2.94. The van der Waals surface area contributed by atoms with Crippen molar-refractivity contribution in [3.05, 3.63) is 41.7 Å². The molecule has 1 amide bonds. The number of nitrogens with zero attached hydrogens (tertiary/aromatic N) is 1. The maximum atomic E-state index is 12.4. The molecule has 1 aromatic rings. The lowest BCUT2D eigenvalue weighted by atomic mass is 9.73. The van der Waals surface area contributed by atoms with Crippen LogP contribution in [-0.4, -0.2) is 22.0 Å². The van der Waals surface area contributed by atoms with Gasteiger partial charge in [-0.3, -0.25) is 14.6 Å². The van der Waals surface area contributed by atoms with E-state index in [1.807, 2.05) is 26.0 Å². The van der Waals surface area contributed by atoms with Gasteiger partial charge in [0.05, 0.1) is 11.8 Å². The van der Waals surface area contributed by atoms with Crippen LogP contribution in [-0.2, 0) is 16.1 Å². The number of allylic oxidation sites excluding steroid dienone is 2. The Balaban J connectivity index is 2.06. The molecule has 2 rings (SSSR count). The highest BCUT2D eigenvalue weighted by Crippen LogP contribution is 2.34. The minimum Gasteiger partial charge on any atom is -0.481 e. The van der Waals surface area contributed by atoms with Gasteiger partial charge in [0.15, 0.2) is 0 Å². The summed E-state index contributed by atoms with van der Waals surface area (Å²) < 4.78 is 0. The van der Waals surface area contributed by atoms with Gasteiger partial charge in [-0.25, -0.2) is 0 Å². The number of carboxylic acid groups (broad SMARTS) is 1. The van der Waals surface area contributed by atoms with Gasteiger partial charge in [-0.2, -0.15) is 0 Å². The van der Waals surface area contributed by atoms with E-state index in [9.17, 15) is 14.7 Å². The van der Waals surface area contributed by atoms with Crippen LogP contribution in [0.25, 0.3) is 0 Å². The molecule has 0 saturated carbocycles. The quantitative estimate of drug-likeness (QED) is 0.831. The van der Waals surface area contributed by atoms with Crippen LogP contribution in [0.4, 0.5) is 0 Å². The van der Waals surface area contributed by atoms with Gasteiger partial charge < -0.3 is 10.4 Å². The Morgan fingerprint density at radius 3 is 2.86 bits per heavy atom. The highest BCUT2D eigenvalue weighted by molar-refractivity contribution is 5.85. The van der Waals surface area contributed by atoms with Crippen LogP contribution < -0.4 is 5.32 Å². The summed E-state index contributed by atoms with van der Waals surface area (Å²) in [6.07, 6.45) is 5.80. The molecule has 0 unspecified atom stereocenters. The fourth-order valence-corrected chi connectivity index (χ4v) is 2.94. The molecule has 21 heavy (non-hydrogen) atoms. The van der Waals surface area contributed by atoms with Crippen LogP contribution in [0.15, 0.2) is 36.2 Å². The molecule has 0 aromatic carbocycles. The predicted octanol–water partition coefficient (Wildman–Crippen LogP) is 2.00. The number of carboxylic acids is 1. The smallest absolute Gasteiger partial charge is 0.307 e. The molecular weight excluding hydrogens is 268 g/mol. The molecule has 1 aliphatic carbocycles. The van der Waals surface area contributed by atoms with Gasteiger partial charge in [-0.15, -0.1) is 0 Å². The number of carbonyl (C=O) groups is 2. The number of amides is 1. The molecule has 3 atom stereocenters. The maximum absolute atomic E-state index is 12.4. The van der Waals surface area contributed by atoms with Crippen molar-refractivity contribution in [2.24, 2.45) is 17.8 Å². The van der Waals surface area contributed by atoms with Crippen molar-refractivity contribution in [3.63, 3.8) is 0 Å². The van der Waals surface area contributed by atoms with E-state index in [0.717, 1.165) is 11.1 Å². The second kappa shape index (κ2) is 6.52. The Bertz CT molecular complexity index is 554. The van der Waals surface area contributed by atoms with E-state index < -0.39 is 17.8 Å². The summed E-state index contributed by atoms with van der Waals surface area (Å²) in [5.74, 6) is -2.43. The van der Waals surface area contributed by atoms with Gasteiger partial charge in [0.2, 0.25) is 5.91 Å².